The largest absolute Gasteiger partial charge is 0.497 e. The van der Waals surface area contributed by atoms with Crippen LogP contribution in [-0.4, -0.2) is 130 Å². The fourth-order valence-electron chi connectivity index (χ4n) is 5.66. The minimum Gasteiger partial charge on any atom is -0.497 e. The predicted octanol–water partition coefficient (Wildman–Crippen LogP) is 1.83. The molecule has 0 saturated carbocycles. The highest BCUT2D eigenvalue weighted by molar-refractivity contribution is 7.11. The molecule has 16 heteroatoms. The van der Waals surface area contributed by atoms with Crippen LogP contribution in [-0.2, 0) is 22.3 Å². The summed E-state index contributed by atoms with van der Waals surface area (Å²) in [5.41, 5.74) is 2.13. The molecule has 14 nitrogen and oxygen atoms in total. The zero-order chi connectivity index (χ0) is 38.8. The molecule has 2 aliphatic rings. The molecule has 10 atom stereocenters. The van der Waals surface area contributed by atoms with E-state index < -0.39 is 74.6 Å². The van der Waals surface area contributed by atoms with E-state index in [1.165, 1.54) is 22.7 Å². The van der Waals surface area contributed by atoms with Gasteiger partial charge in [0.05, 0.1) is 32.3 Å². The second kappa shape index (κ2) is 19.8. The molecule has 2 fully saturated rings. The molecule has 8 N–H and O–H groups in total. The third-order valence-electron chi connectivity index (χ3n) is 8.89. The van der Waals surface area contributed by atoms with Crippen LogP contribution in [0.5, 0.6) is 23.0 Å². The quantitative estimate of drug-likeness (QED) is 0.0970. The maximum absolute atomic E-state index is 10.1. The summed E-state index contributed by atoms with van der Waals surface area (Å²) in [7, 11) is 3.24. The number of methoxy groups -OCH3 is 2. The second-order valence-electron chi connectivity index (χ2n) is 12.4. The van der Waals surface area contributed by atoms with E-state index in [-0.39, 0.29) is 0 Å². The topological polar surface area (TPSA) is 217 Å². The zero-order valence-corrected chi connectivity index (χ0v) is 31.2. The lowest BCUT2D eigenvalue weighted by Crippen LogP contribution is -2.60. The van der Waals surface area contributed by atoms with Gasteiger partial charge in [0.1, 0.15) is 71.8 Å². The van der Waals surface area contributed by atoms with Crippen LogP contribution in [0.25, 0.3) is 12.2 Å². The fraction of sp³-hybridized carbons (Fsp3) is 0.421. The number of aliphatic hydroxyl groups is 8. The lowest BCUT2D eigenvalue weighted by atomic mass is 9.99. The maximum atomic E-state index is 10.1. The van der Waals surface area contributed by atoms with Gasteiger partial charge in [0, 0.05) is 4.88 Å². The first-order valence-electron chi connectivity index (χ1n) is 17.1. The first-order chi connectivity index (χ1) is 26.1. The highest BCUT2D eigenvalue weighted by atomic mass is 32.1. The molecular formula is C38H46O14S2. The minimum atomic E-state index is -1.47. The maximum Gasteiger partial charge on any atom is 0.229 e. The molecule has 0 aliphatic carbocycles. The van der Waals surface area contributed by atoms with Crippen molar-refractivity contribution in [1.29, 1.82) is 0 Å². The van der Waals surface area contributed by atoms with Crippen molar-refractivity contribution in [3.05, 3.63) is 92.3 Å². The van der Waals surface area contributed by atoms with E-state index in [1.54, 1.807) is 26.4 Å². The predicted molar refractivity (Wildman–Crippen MR) is 200 cm³/mol. The van der Waals surface area contributed by atoms with Crippen molar-refractivity contribution in [1.82, 2.24) is 0 Å². The molecule has 0 amide bonds. The molecule has 0 radical (unpaired) electrons. The first kappa shape index (κ1) is 41.5. The summed E-state index contributed by atoms with van der Waals surface area (Å²) in [6.07, 6.45) is -7.68. The van der Waals surface area contributed by atoms with Crippen molar-refractivity contribution in [3.63, 3.8) is 0 Å². The van der Waals surface area contributed by atoms with Crippen LogP contribution >= 0.6 is 22.7 Å². The zero-order valence-electron chi connectivity index (χ0n) is 29.5. The van der Waals surface area contributed by atoms with Gasteiger partial charge in [-0.2, -0.15) is 0 Å². The van der Waals surface area contributed by atoms with Crippen LogP contribution < -0.4 is 18.9 Å². The highest BCUT2D eigenvalue weighted by Crippen LogP contribution is 2.33. The summed E-state index contributed by atoms with van der Waals surface area (Å²) >= 11 is 2.97. The van der Waals surface area contributed by atoms with Gasteiger partial charge in [0.2, 0.25) is 12.6 Å². The van der Waals surface area contributed by atoms with Crippen molar-refractivity contribution in [3.8, 4) is 23.0 Å². The Morgan fingerprint density at radius 3 is 1.61 bits per heavy atom. The van der Waals surface area contributed by atoms with E-state index in [9.17, 15) is 40.9 Å². The number of hydrogen-bond donors (Lipinski definition) is 8. The molecule has 2 saturated heterocycles. The van der Waals surface area contributed by atoms with Gasteiger partial charge in [-0.25, -0.2) is 0 Å². The summed E-state index contributed by atoms with van der Waals surface area (Å²) < 4.78 is 32.5. The van der Waals surface area contributed by atoms with E-state index in [1.807, 2.05) is 71.4 Å². The number of aliphatic hydroxyl groups excluding tert-OH is 8. The minimum absolute atomic E-state index is 0.467. The SMILES string of the molecule is COc1ccc(/C=C/c2sccc2OC2OC(CO)C(O)C(O)C2O)cc1.COc1ccc(CCc2sccc2OC2OC(CO)C(O)C(O)C2O)cc1. The van der Waals surface area contributed by atoms with Gasteiger partial charge in [-0.15, -0.1) is 22.7 Å². The molecular weight excluding hydrogens is 745 g/mol. The highest BCUT2D eigenvalue weighted by Gasteiger charge is 2.46. The molecule has 294 valence electrons. The van der Waals surface area contributed by atoms with Crippen LogP contribution in [0.1, 0.15) is 20.9 Å². The van der Waals surface area contributed by atoms with Crippen LogP contribution in [0.15, 0.2) is 71.4 Å². The first-order valence-corrected chi connectivity index (χ1v) is 18.9. The van der Waals surface area contributed by atoms with Gasteiger partial charge in [-0.3, -0.25) is 0 Å². The number of ether oxygens (including phenoxy) is 6. The normalized spacial score (nSPS) is 28.3. The average molecular weight is 791 g/mol. The fourth-order valence-corrected chi connectivity index (χ4v) is 7.19. The number of thiophene rings is 2. The van der Waals surface area contributed by atoms with Gasteiger partial charge in [0.25, 0.3) is 0 Å². The molecule has 2 aromatic heterocycles. The van der Waals surface area contributed by atoms with Crippen molar-refractivity contribution in [2.75, 3.05) is 27.4 Å². The summed E-state index contributed by atoms with van der Waals surface area (Å²) in [5.74, 6) is 2.60. The summed E-state index contributed by atoms with van der Waals surface area (Å²) in [5, 5.41) is 81.9. The lowest BCUT2D eigenvalue weighted by molar-refractivity contribution is -0.277. The third-order valence-corrected chi connectivity index (χ3v) is 10.7. The molecule has 0 spiro atoms. The van der Waals surface area contributed by atoms with E-state index in [2.05, 4.69) is 0 Å². The lowest BCUT2D eigenvalue weighted by Gasteiger charge is -2.39. The van der Waals surface area contributed by atoms with Crippen molar-refractivity contribution in [2.45, 2.75) is 74.3 Å². The van der Waals surface area contributed by atoms with Crippen LogP contribution in [0, 0.1) is 0 Å². The Hall–Kier alpha value is -3.62. The number of hydrogen-bond acceptors (Lipinski definition) is 16. The van der Waals surface area contributed by atoms with Gasteiger partial charge in [0.15, 0.2) is 0 Å². The third kappa shape index (κ3) is 10.4. The smallest absolute Gasteiger partial charge is 0.229 e. The second-order valence-corrected chi connectivity index (χ2v) is 14.4. The molecule has 6 rings (SSSR count). The summed E-state index contributed by atoms with van der Waals surface area (Å²) in [4.78, 5) is 1.77. The molecule has 2 aromatic carbocycles. The van der Waals surface area contributed by atoms with E-state index in [4.69, 9.17) is 28.4 Å². The molecule has 54 heavy (non-hydrogen) atoms. The Bertz CT molecular complexity index is 1720. The van der Waals surface area contributed by atoms with Gasteiger partial charge in [-0.1, -0.05) is 30.3 Å². The molecule has 0 bridgehead atoms. The summed E-state index contributed by atoms with van der Waals surface area (Å²) in [6.45, 7) is -0.989. The van der Waals surface area contributed by atoms with E-state index in [0.717, 1.165) is 45.2 Å². The van der Waals surface area contributed by atoms with Gasteiger partial charge >= 0.3 is 0 Å². The van der Waals surface area contributed by atoms with Gasteiger partial charge < -0.3 is 69.3 Å². The van der Waals surface area contributed by atoms with Crippen molar-refractivity contribution in [2.24, 2.45) is 0 Å². The average Bonchev–Trinajstić information content (AvgIpc) is 3.85. The molecule has 10 unspecified atom stereocenters. The molecule has 2 aliphatic heterocycles. The Morgan fingerprint density at radius 1 is 0.574 bits per heavy atom. The number of benzene rings is 2. The van der Waals surface area contributed by atoms with Crippen LogP contribution in [0.4, 0.5) is 0 Å². The Morgan fingerprint density at radius 2 is 1.07 bits per heavy atom. The Kier molecular flexibility index (Phi) is 15.2. The Labute approximate surface area is 320 Å². The van der Waals surface area contributed by atoms with Crippen molar-refractivity contribution >= 4 is 34.8 Å². The number of rotatable bonds is 13. The van der Waals surface area contributed by atoms with E-state index in [0.29, 0.717) is 11.5 Å². The van der Waals surface area contributed by atoms with Crippen LogP contribution in [0.3, 0.4) is 0 Å². The number of aryl methyl sites for hydroxylation is 2. The Balaban J connectivity index is 0.000000208. The van der Waals surface area contributed by atoms with Crippen LogP contribution in [0.2, 0.25) is 0 Å². The standard InChI is InChI=1S/C19H24O7S.C19H22O7S/c2*1-24-12-5-2-11(3-6-12)4-7-15-13(8-9-27-15)25-19-18(23)17(22)16(21)14(10-20)26-19/h2-3,5-6,8-9,14,16-23H,4,7,10H2,1H3;2-9,14,16-23H,10H2,1H3/b;7-4+. The molecule has 4 aromatic rings. The van der Waals surface area contributed by atoms with Crippen molar-refractivity contribution < 1.29 is 69.3 Å². The summed E-state index contributed by atoms with van der Waals surface area (Å²) in [6, 6.07) is 18.9. The van der Waals surface area contributed by atoms with Gasteiger partial charge in [-0.05, 0) is 77.2 Å². The van der Waals surface area contributed by atoms with E-state index >= 15 is 0 Å². The monoisotopic (exact) mass is 790 g/mol. The molecule has 4 heterocycles.